The molecule has 13 heavy (non-hydrogen) atoms. The van der Waals surface area contributed by atoms with Crippen molar-refractivity contribution in [2.45, 2.75) is 25.9 Å². The first-order valence-corrected chi connectivity index (χ1v) is 4.78. The molecule has 1 fully saturated rings. The zero-order valence-electron chi connectivity index (χ0n) is 8.03. The van der Waals surface area contributed by atoms with E-state index in [1.54, 1.807) is 4.90 Å². The maximum Gasteiger partial charge on any atom is 0.248 e. The first-order chi connectivity index (χ1) is 6.27. The van der Waals surface area contributed by atoms with Gasteiger partial charge in [0.15, 0.2) is 0 Å². The van der Waals surface area contributed by atoms with Crippen molar-refractivity contribution in [3.63, 3.8) is 0 Å². The van der Waals surface area contributed by atoms with Crippen molar-refractivity contribution in [2.75, 3.05) is 26.3 Å². The molecule has 1 N–H and O–H groups in total. The summed E-state index contributed by atoms with van der Waals surface area (Å²) in [5, 5.41) is 8.63. The second-order valence-corrected chi connectivity index (χ2v) is 3.19. The molecule has 0 unspecified atom stereocenters. The number of nitrogens with zero attached hydrogens (tertiary/aromatic N) is 1. The first kappa shape index (κ1) is 10.5. The van der Waals surface area contributed by atoms with Crippen LogP contribution in [0.3, 0.4) is 0 Å². The molecule has 1 heterocycles. The summed E-state index contributed by atoms with van der Waals surface area (Å²) in [7, 11) is 0. The smallest absolute Gasteiger partial charge is 0.248 e. The molecule has 1 rings (SSSR count). The van der Waals surface area contributed by atoms with Crippen LogP contribution in [0, 0.1) is 0 Å². The average Bonchev–Trinajstić information content (AvgIpc) is 2.18. The van der Waals surface area contributed by atoms with Crippen LogP contribution < -0.4 is 0 Å². The molecule has 0 bridgehead atoms. The van der Waals surface area contributed by atoms with Crippen molar-refractivity contribution in [2.24, 2.45) is 0 Å². The Balaban J connectivity index is 2.26. The maximum absolute atomic E-state index is 11.1. The van der Waals surface area contributed by atoms with E-state index in [-0.39, 0.29) is 12.5 Å². The van der Waals surface area contributed by atoms with Gasteiger partial charge in [-0.15, -0.1) is 0 Å². The number of rotatable bonds is 3. The highest BCUT2D eigenvalue weighted by Crippen LogP contribution is 2.13. The molecule has 0 aromatic rings. The van der Waals surface area contributed by atoms with Gasteiger partial charge in [0.25, 0.3) is 0 Å². The van der Waals surface area contributed by atoms with Gasteiger partial charge in [-0.25, -0.2) is 0 Å². The Labute approximate surface area is 78.5 Å². The Bertz CT molecular complexity index is 164. The van der Waals surface area contributed by atoms with E-state index in [1.165, 1.54) is 0 Å². The van der Waals surface area contributed by atoms with E-state index >= 15 is 0 Å². The van der Waals surface area contributed by atoms with Crippen LogP contribution in [0.5, 0.6) is 0 Å². The molecule has 1 aliphatic rings. The molecule has 0 aromatic carbocycles. The zero-order valence-corrected chi connectivity index (χ0v) is 8.03. The van der Waals surface area contributed by atoms with Crippen molar-refractivity contribution in [1.82, 2.24) is 4.90 Å². The topological polar surface area (TPSA) is 49.8 Å². The number of aliphatic hydroxyl groups excluding tert-OH is 1. The summed E-state index contributed by atoms with van der Waals surface area (Å²) in [5.41, 5.74) is 0. The number of amides is 1. The molecule has 4 nitrogen and oxygen atoms in total. The number of carbonyl (C=O) groups excluding carboxylic acids is 1. The number of carbonyl (C=O) groups is 1. The minimum absolute atomic E-state index is 0.171. The van der Waals surface area contributed by atoms with E-state index in [0.29, 0.717) is 19.2 Å². The normalized spacial score (nSPS) is 19.1. The number of likely N-dealkylation sites (tertiary alicyclic amines) is 1. The van der Waals surface area contributed by atoms with Gasteiger partial charge < -0.3 is 14.7 Å². The summed E-state index contributed by atoms with van der Waals surface area (Å²) >= 11 is 0. The monoisotopic (exact) mass is 187 g/mol. The molecule has 0 aromatic heterocycles. The summed E-state index contributed by atoms with van der Waals surface area (Å²) in [5.74, 6) is -0.171. The fourth-order valence-electron chi connectivity index (χ4n) is 1.61. The first-order valence-electron chi connectivity index (χ1n) is 4.78. The van der Waals surface area contributed by atoms with E-state index < -0.39 is 0 Å². The van der Waals surface area contributed by atoms with Gasteiger partial charge >= 0.3 is 0 Å². The molecule has 1 amide bonds. The SMILES string of the molecule is CCOC1CCN(C(=O)CO)CC1. The minimum atomic E-state index is -0.376. The third kappa shape index (κ3) is 2.97. The fourth-order valence-corrected chi connectivity index (χ4v) is 1.61. The summed E-state index contributed by atoms with van der Waals surface area (Å²) in [4.78, 5) is 12.8. The van der Waals surface area contributed by atoms with Crippen LogP contribution in [-0.4, -0.2) is 48.3 Å². The lowest BCUT2D eigenvalue weighted by molar-refractivity contribution is -0.136. The van der Waals surface area contributed by atoms with Gasteiger partial charge in [0.2, 0.25) is 5.91 Å². The van der Waals surface area contributed by atoms with Crippen molar-refractivity contribution < 1.29 is 14.6 Å². The minimum Gasteiger partial charge on any atom is -0.387 e. The predicted molar refractivity (Wildman–Crippen MR) is 48.3 cm³/mol. The van der Waals surface area contributed by atoms with E-state index in [1.807, 2.05) is 6.92 Å². The van der Waals surface area contributed by atoms with Gasteiger partial charge in [0, 0.05) is 19.7 Å². The molecule has 0 spiro atoms. The Morgan fingerprint density at radius 3 is 2.62 bits per heavy atom. The highest BCUT2D eigenvalue weighted by Gasteiger charge is 2.21. The summed E-state index contributed by atoms with van der Waals surface area (Å²) < 4.78 is 5.44. The highest BCUT2D eigenvalue weighted by molar-refractivity contribution is 5.77. The molecular formula is C9H17NO3. The lowest BCUT2D eigenvalue weighted by atomic mass is 10.1. The Morgan fingerprint density at radius 2 is 2.15 bits per heavy atom. The maximum atomic E-state index is 11.1. The van der Waals surface area contributed by atoms with Crippen molar-refractivity contribution in [3.8, 4) is 0 Å². The third-order valence-corrected chi connectivity index (χ3v) is 2.33. The van der Waals surface area contributed by atoms with Crippen molar-refractivity contribution >= 4 is 5.91 Å². The third-order valence-electron chi connectivity index (χ3n) is 2.33. The molecule has 0 saturated carbocycles. The molecule has 1 aliphatic heterocycles. The number of ether oxygens (including phenoxy) is 1. The molecule has 0 aliphatic carbocycles. The standard InChI is InChI=1S/C9H17NO3/c1-2-13-8-3-5-10(6-4-8)9(12)7-11/h8,11H,2-7H2,1H3. The molecular weight excluding hydrogens is 170 g/mol. The van der Waals surface area contributed by atoms with Gasteiger partial charge in [-0.3, -0.25) is 4.79 Å². The van der Waals surface area contributed by atoms with Crippen LogP contribution in [0.4, 0.5) is 0 Å². The highest BCUT2D eigenvalue weighted by atomic mass is 16.5. The summed E-state index contributed by atoms with van der Waals surface area (Å²) in [6, 6.07) is 0. The Hall–Kier alpha value is -0.610. The molecule has 0 radical (unpaired) electrons. The van der Waals surface area contributed by atoms with Crippen LogP contribution >= 0.6 is 0 Å². The molecule has 76 valence electrons. The number of piperidine rings is 1. The lowest BCUT2D eigenvalue weighted by Gasteiger charge is -2.31. The number of hydrogen-bond donors (Lipinski definition) is 1. The van der Waals surface area contributed by atoms with Gasteiger partial charge in [0.05, 0.1) is 6.10 Å². The fraction of sp³-hybridized carbons (Fsp3) is 0.889. The second kappa shape index (κ2) is 5.19. The van der Waals surface area contributed by atoms with Crippen LogP contribution in [0.2, 0.25) is 0 Å². The van der Waals surface area contributed by atoms with Crippen LogP contribution in [-0.2, 0) is 9.53 Å². The van der Waals surface area contributed by atoms with Gasteiger partial charge in [0.1, 0.15) is 6.61 Å². The molecule has 1 saturated heterocycles. The van der Waals surface area contributed by atoms with Gasteiger partial charge in [-0.1, -0.05) is 0 Å². The Morgan fingerprint density at radius 1 is 1.54 bits per heavy atom. The summed E-state index contributed by atoms with van der Waals surface area (Å²) in [6.07, 6.45) is 2.08. The number of hydrogen-bond acceptors (Lipinski definition) is 3. The molecule has 4 heteroatoms. The van der Waals surface area contributed by atoms with E-state index in [4.69, 9.17) is 9.84 Å². The Kier molecular flexibility index (Phi) is 4.18. The van der Waals surface area contributed by atoms with Crippen molar-refractivity contribution in [3.05, 3.63) is 0 Å². The van der Waals surface area contributed by atoms with Crippen LogP contribution in [0.15, 0.2) is 0 Å². The molecule has 0 atom stereocenters. The van der Waals surface area contributed by atoms with E-state index in [0.717, 1.165) is 19.4 Å². The van der Waals surface area contributed by atoms with Gasteiger partial charge in [-0.05, 0) is 19.8 Å². The van der Waals surface area contributed by atoms with Crippen LogP contribution in [0.25, 0.3) is 0 Å². The van der Waals surface area contributed by atoms with Crippen LogP contribution in [0.1, 0.15) is 19.8 Å². The van der Waals surface area contributed by atoms with E-state index in [2.05, 4.69) is 0 Å². The quantitative estimate of drug-likeness (QED) is 0.677. The largest absolute Gasteiger partial charge is 0.387 e. The lowest BCUT2D eigenvalue weighted by Crippen LogP contribution is -2.42. The second-order valence-electron chi connectivity index (χ2n) is 3.19. The zero-order chi connectivity index (χ0) is 9.68. The van der Waals surface area contributed by atoms with Gasteiger partial charge in [-0.2, -0.15) is 0 Å². The van der Waals surface area contributed by atoms with Crippen molar-refractivity contribution in [1.29, 1.82) is 0 Å². The average molecular weight is 187 g/mol. The summed E-state index contributed by atoms with van der Waals surface area (Å²) in [6.45, 7) is 3.76. The van der Waals surface area contributed by atoms with E-state index in [9.17, 15) is 4.79 Å². The predicted octanol–water partition coefficient (Wildman–Crippen LogP) is 0.00620. The number of aliphatic hydroxyl groups is 1.